The van der Waals surface area contributed by atoms with E-state index in [9.17, 15) is 4.79 Å². The highest BCUT2D eigenvalue weighted by Crippen LogP contribution is 2.09. The Morgan fingerprint density at radius 2 is 1.33 bits per heavy atom. The van der Waals surface area contributed by atoms with Crippen LogP contribution in [-0.4, -0.2) is 29.6 Å². The maximum atomic E-state index is 10.3. The van der Waals surface area contributed by atoms with Crippen LogP contribution in [0, 0.1) is 0 Å². The van der Waals surface area contributed by atoms with Gasteiger partial charge < -0.3 is 15.9 Å². The van der Waals surface area contributed by atoms with Gasteiger partial charge in [-0.1, -0.05) is 58.3 Å². The molecular weight excluding hydrogens is 230 g/mol. The van der Waals surface area contributed by atoms with Gasteiger partial charge in [-0.15, -0.1) is 0 Å². The largest absolute Gasteiger partial charge is 0.870 e. The number of quaternary nitrogens is 1. The van der Waals surface area contributed by atoms with Crippen molar-refractivity contribution in [2.45, 2.75) is 71.1 Å². The minimum absolute atomic E-state index is 0. The number of carbonyl (C=O) groups is 1. The van der Waals surface area contributed by atoms with E-state index in [0.717, 1.165) is 13.0 Å². The molecule has 0 amide bonds. The molecule has 0 aromatic carbocycles. The standard InChI is InChI=1S/C14H29NO2.H2O/c1-2-3-4-5-6-7-8-9-10-11-12-15-13-14(16)17;/h15H,2-13H2,1H3,(H,16,17);1H2. The number of nitrogens with two attached hydrogens (primary N) is 1. The first-order valence-corrected chi connectivity index (χ1v) is 7.30. The number of carboxylic acids is 1. The van der Waals surface area contributed by atoms with E-state index in [1.807, 2.05) is 5.32 Å². The predicted octanol–water partition coefficient (Wildman–Crippen LogP) is 2.38. The molecule has 0 unspecified atom stereocenters. The van der Waals surface area contributed by atoms with Gasteiger partial charge in [0.2, 0.25) is 0 Å². The van der Waals surface area contributed by atoms with Gasteiger partial charge in [-0.05, 0) is 12.8 Å². The maximum Gasteiger partial charge on any atom is 0.359 e. The van der Waals surface area contributed by atoms with Crippen molar-refractivity contribution >= 4 is 5.97 Å². The van der Waals surface area contributed by atoms with Crippen LogP contribution < -0.4 is 5.32 Å². The Kier molecular flexibility index (Phi) is 18.0. The molecule has 0 rings (SSSR count). The van der Waals surface area contributed by atoms with Gasteiger partial charge in [-0.3, -0.25) is 0 Å². The molecule has 0 radical (unpaired) electrons. The van der Waals surface area contributed by atoms with Gasteiger partial charge in [-0.2, -0.15) is 0 Å². The topological polar surface area (TPSA) is 83.9 Å². The summed E-state index contributed by atoms with van der Waals surface area (Å²) in [5.74, 6) is -0.711. The first-order chi connectivity index (χ1) is 8.27. The van der Waals surface area contributed by atoms with Crippen LogP contribution in [0.5, 0.6) is 0 Å². The lowest BCUT2D eigenvalue weighted by molar-refractivity contribution is -0.645. The third-order valence-corrected chi connectivity index (χ3v) is 3.08. The van der Waals surface area contributed by atoms with E-state index >= 15 is 0 Å². The first kappa shape index (κ1) is 19.7. The van der Waals surface area contributed by atoms with Crippen LogP contribution in [-0.2, 0) is 4.79 Å². The monoisotopic (exact) mass is 261 g/mol. The third-order valence-electron chi connectivity index (χ3n) is 3.08. The van der Waals surface area contributed by atoms with Gasteiger partial charge in [0, 0.05) is 0 Å². The lowest BCUT2D eigenvalue weighted by atomic mass is 10.1. The van der Waals surface area contributed by atoms with Crippen molar-refractivity contribution in [1.82, 2.24) is 0 Å². The second-order valence-corrected chi connectivity index (χ2v) is 4.86. The number of aliphatic carboxylic acids is 1. The molecule has 0 saturated carbocycles. The minimum Gasteiger partial charge on any atom is -0.870 e. The summed E-state index contributed by atoms with van der Waals surface area (Å²) >= 11 is 0. The van der Waals surface area contributed by atoms with Crippen molar-refractivity contribution in [3.8, 4) is 0 Å². The molecule has 0 atom stereocenters. The number of carboxylic acid groups (broad SMARTS) is 1. The van der Waals surface area contributed by atoms with Crippen molar-refractivity contribution in [3.05, 3.63) is 0 Å². The summed E-state index contributed by atoms with van der Waals surface area (Å²) in [6, 6.07) is 0. The summed E-state index contributed by atoms with van der Waals surface area (Å²) in [5.41, 5.74) is 0. The molecule has 0 spiro atoms. The zero-order chi connectivity index (χ0) is 12.8. The van der Waals surface area contributed by atoms with Crippen molar-refractivity contribution < 1.29 is 20.7 Å². The molecule has 0 aliphatic carbocycles. The van der Waals surface area contributed by atoms with Gasteiger partial charge in [0.1, 0.15) is 0 Å². The van der Waals surface area contributed by atoms with Crippen LogP contribution >= 0.6 is 0 Å². The highest BCUT2D eigenvalue weighted by molar-refractivity contribution is 5.67. The van der Waals surface area contributed by atoms with E-state index in [0.29, 0.717) is 0 Å². The van der Waals surface area contributed by atoms with Crippen molar-refractivity contribution in [2.75, 3.05) is 13.1 Å². The van der Waals surface area contributed by atoms with E-state index in [-0.39, 0.29) is 12.0 Å². The molecule has 0 aromatic heterocycles. The van der Waals surface area contributed by atoms with Crippen molar-refractivity contribution in [3.63, 3.8) is 0 Å². The fourth-order valence-corrected chi connectivity index (χ4v) is 2.00. The van der Waals surface area contributed by atoms with Gasteiger partial charge in [0.25, 0.3) is 0 Å². The fourth-order valence-electron chi connectivity index (χ4n) is 2.00. The highest BCUT2D eigenvalue weighted by Gasteiger charge is 1.98. The van der Waals surface area contributed by atoms with E-state index < -0.39 is 5.97 Å². The molecule has 0 saturated heterocycles. The molecule has 0 aliphatic heterocycles. The smallest absolute Gasteiger partial charge is 0.359 e. The van der Waals surface area contributed by atoms with E-state index in [1.54, 1.807) is 0 Å². The fraction of sp³-hybridized carbons (Fsp3) is 0.929. The van der Waals surface area contributed by atoms with Gasteiger partial charge >= 0.3 is 5.97 Å². The Hall–Kier alpha value is -0.610. The highest BCUT2D eigenvalue weighted by atomic mass is 16.4. The maximum absolute atomic E-state index is 10.3. The van der Waals surface area contributed by atoms with Crippen molar-refractivity contribution in [1.29, 1.82) is 0 Å². The number of hydrogen-bond donors (Lipinski definition) is 2. The summed E-state index contributed by atoms with van der Waals surface area (Å²) in [6.07, 6.45) is 13.4. The Bertz CT molecular complexity index is 174. The lowest BCUT2D eigenvalue weighted by Gasteiger charge is -2.01. The molecule has 4 N–H and O–H groups in total. The summed E-state index contributed by atoms with van der Waals surface area (Å²) in [7, 11) is 0. The second kappa shape index (κ2) is 16.4. The SMILES string of the molecule is CCCCCCCCCCCC[NH2+]CC(=O)O.[OH-]. The minimum atomic E-state index is -0.711. The molecular formula is C14H31NO3. The molecule has 4 nitrogen and oxygen atoms in total. The van der Waals surface area contributed by atoms with Crippen LogP contribution in [0.15, 0.2) is 0 Å². The average Bonchev–Trinajstić information content (AvgIpc) is 2.30. The van der Waals surface area contributed by atoms with E-state index in [1.165, 1.54) is 57.8 Å². The number of hydrogen-bond acceptors (Lipinski definition) is 2. The molecule has 0 fully saturated rings. The Balaban J connectivity index is 0. The van der Waals surface area contributed by atoms with Crippen LogP contribution in [0.25, 0.3) is 0 Å². The van der Waals surface area contributed by atoms with Gasteiger partial charge in [0.15, 0.2) is 6.54 Å². The van der Waals surface area contributed by atoms with E-state index in [2.05, 4.69) is 6.92 Å². The predicted molar refractivity (Wildman–Crippen MR) is 73.1 cm³/mol. The quantitative estimate of drug-likeness (QED) is 0.499. The average molecular weight is 261 g/mol. The summed E-state index contributed by atoms with van der Waals surface area (Å²) < 4.78 is 0. The normalized spacial score (nSPS) is 10.1. The molecule has 0 aliphatic rings. The molecule has 0 aromatic rings. The van der Waals surface area contributed by atoms with Crippen molar-refractivity contribution in [2.24, 2.45) is 0 Å². The van der Waals surface area contributed by atoms with Crippen LogP contribution in [0.2, 0.25) is 0 Å². The summed E-state index contributed by atoms with van der Waals surface area (Å²) in [4.78, 5) is 10.3. The number of unbranched alkanes of at least 4 members (excludes halogenated alkanes) is 9. The van der Waals surface area contributed by atoms with E-state index in [4.69, 9.17) is 5.11 Å². The number of rotatable bonds is 13. The molecule has 4 heteroatoms. The Morgan fingerprint density at radius 1 is 0.889 bits per heavy atom. The van der Waals surface area contributed by atoms with Gasteiger partial charge in [-0.25, -0.2) is 4.79 Å². The lowest BCUT2D eigenvalue weighted by Crippen LogP contribution is -2.85. The first-order valence-electron chi connectivity index (χ1n) is 7.30. The Labute approximate surface area is 111 Å². The molecule has 0 bridgehead atoms. The second-order valence-electron chi connectivity index (χ2n) is 4.86. The Morgan fingerprint density at radius 3 is 1.78 bits per heavy atom. The van der Waals surface area contributed by atoms with Crippen LogP contribution in [0.4, 0.5) is 0 Å². The zero-order valence-corrected chi connectivity index (χ0v) is 11.9. The summed E-state index contributed by atoms with van der Waals surface area (Å²) in [5, 5.41) is 10.3. The summed E-state index contributed by atoms with van der Waals surface area (Å²) in [6.45, 7) is 3.43. The van der Waals surface area contributed by atoms with Crippen LogP contribution in [0.3, 0.4) is 0 Å². The molecule has 0 heterocycles. The molecule has 18 heavy (non-hydrogen) atoms. The molecule has 110 valence electrons. The third kappa shape index (κ3) is 17.8. The zero-order valence-electron chi connectivity index (χ0n) is 11.9. The van der Waals surface area contributed by atoms with Gasteiger partial charge in [0.05, 0.1) is 6.54 Å². The van der Waals surface area contributed by atoms with Crippen LogP contribution in [0.1, 0.15) is 71.1 Å².